The number of para-hydroxylation sites is 2. The summed E-state index contributed by atoms with van der Waals surface area (Å²) in [4.78, 5) is 0. The summed E-state index contributed by atoms with van der Waals surface area (Å²) in [6.45, 7) is 0. The van der Waals surface area contributed by atoms with E-state index in [0.29, 0.717) is 0 Å². The molecule has 1 atom stereocenters. The zero-order valence-electron chi connectivity index (χ0n) is 16.9. The first-order chi connectivity index (χ1) is 14.7. The van der Waals surface area contributed by atoms with Crippen molar-refractivity contribution in [2.45, 2.75) is 6.04 Å². The van der Waals surface area contributed by atoms with Crippen LogP contribution in [0.5, 0.6) is 11.5 Å². The van der Waals surface area contributed by atoms with E-state index in [9.17, 15) is 4.39 Å². The number of hydrogen-bond acceptors (Lipinski definition) is 4. The van der Waals surface area contributed by atoms with Crippen LogP contribution < -0.4 is 19.9 Å². The Balaban J connectivity index is 1.70. The molecule has 0 spiro atoms. The van der Waals surface area contributed by atoms with Crippen LogP contribution >= 0.6 is 0 Å². The minimum Gasteiger partial charge on any atom is -0.496 e. The van der Waals surface area contributed by atoms with Crippen LogP contribution in [0.3, 0.4) is 0 Å². The number of allylic oxidation sites excluding steroid dienone is 1. The number of halogens is 1. The molecule has 3 aromatic rings. The molecule has 1 heterocycles. The molecular weight excluding hydrogens is 379 g/mol. The van der Waals surface area contributed by atoms with Gasteiger partial charge in [0, 0.05) is 11.1 Å². The summed E-state index contributed by atoms with van der Waals surface area (Å²) in [5.41, 5.74) is 7.19. The van der Waals surface area contributed by atoms with Crippen LogP contribution in [-0.2, 0) is 0 Å². The molecule has 0 radical (unpaired) electrons. The van der Waals surface area contributed by atoms with Crippen LogP contribution in [0.2, 0.25) is 0 Å². The largest absolute Gasteiger partial charge is 0.496 e. The van der Waals surface area contributed by atoms with Gasteiger partial charge in [0.2, 0.25) is 0 Å². The first kappa shape index (κ1) is 19.6. The molecule has 0 fully saturated rings. The molecule has 3 aromatic carbocycles. The van der Waals surface area contributed by atoms with Gasteiger partial charge in [-0.3, -0.25) is 10.4 Å². The summed E-state index contributed by atoms with van der Waals surface area (Å²) < 4.78 is 24.5. The van der Waals surface area contributed by atoms with Crippen LogP contribution in [0.15, 0.2) is 90.6 Å². The van der Waals surface area contributed by atoms with Crippen molar-refractivity contribution in [2.24, 2.45) is 0 Å². The number of hydrazine groups is 1. The fraction of sp³-hybridized carbons (Fsp3) is 0.120. The summed E-state index contributed by atoms with van der Waals surface area (Å²) in [6, 6.07) is 22.0. The zero-order valence-corrected chi connectivity index (χ0v) is 16.9. The summed E-state index contributed by atoms with van der Waals surface area (Å²) in [5, 5.41) is 2.00. The lowest BCUT2D eigenvalue weighted by Crippen LogP contribution is -2.34. The van der Waals surface area contributed by atoms with Crippen LogP contribution in [0, 0.1) is 5.82 Å². The monoisotopic (exact) mass is 402 g/mol. The summed E-state index contributed by atoms with van der Waals surface area (Å²) in [6.07, 6.45) is 6.13. The molecule has 5 heteroatoms. The molecule has 0 aromatic heterocycles. The number of anilines is 1. The van der Waals surface area contributed by atoms with E-state index in [0.717, 1.165) is 34.0 Å². The standard InChI is InChI=1S/C25H23FN2O2/c1-29-24-9-5-3-7-18(24)11-14-20-17-23(22-8-4-6-10-25(22)30-2)28(27-20)21-15-12-19(26)13-16-21/h3-17,23,27H,1-2H3/b14-11+/t23-/m1/s1. The van der Waals surface area contributed by atoms with Crippen molar-refractivity contribution in [3.8, 4) is 11.5 Å². The Kier molecular flexibility index (Phi) is 5.70. The number of rotatable bonds is 6. The molecule has 0 saturated heterocycles. The van der Waals surface area contributed by atoms with E-state index in [1.54, 1.807) is 26.4 Å². The van der Waals surface area contributed by atoms with Gasteiger partial charge in [0.25, 0.3) is 0 Å². The predicted octanol–water partition coefficient (Wildman–Crippen LogP) is 5.51. The Morgan fingerprint density at radius 3 is 2.23 bits per heavy atom. The van der Waals surface area contributed by atoms with Crippen molar-refractivity contribution in [2.75, 3.05) is 19.2 Å². The minimum absolute atomic E-state index is 0.121. The third-order valence-electron chi connectivity index (χ3n) is 5.01. The van der Waals surface area contributed by atoms with E-state index >= 15 is 0 Å². The number of methoxy groups -OCH3 is 2. The van der Waals surface area contributed by atoms with Gasteiger partial charge in [-0.2, -0.15) is 0 Å². The maximum absolute atomic E-state index is 13.5. The van der Waals surface area contributed by atoms with Crippen molar-refractivity contribution < 1.29 is 13.9 Å². The van der Waals surface area contributed by atoms with E-state index in [2.05, 4.69) is 11.5 Å². The highest BCUT2D eigenvalue weighted by Gasteiger charge is 2.27. The summed E-state index contributed by atoms with van der Waals surface area (Å²) >= 11 is 0. The molecule has 0 saturated carbocycles. The van der Waals surface area contributed by atoms with Crippen molar-refractivity contribution in [3.05, 3.63) is 108 Å². The van der Waals surface area contributed by atoms with Crippen molar-refractivity contribution in [1.82, 2.24) is 5.43 Å². The maximum Gasteiger partial charge on any atom is 0.126 e. The number of ether oxygens (including phenoxy) is 2. The molecule has 1 aliphatic heterocycles. The normalized spacial score (nSPS) is 15.8. The van der Waals surface area contributed by atoms with Gasteiger partial charge in [0.05, 0.1) is 31.6 Å². The number of nitrogens with zero attached hydrogens (tertiary/aromatic N) is 1. The van der Waals surface area contributed by atoms with Crippen LogP contribution in [0.4, 0.5) is 10.1 Å². The van der Waals surface area contributed by atoms with Gasteiger partial charge in [-0.15, -0.1) is 0 Å². The van der Waals surface area contributed by atoms with E-state index in [-0.39, 0.29) is 11.9 Å². The Bertz CT molecular complexity index is 1080. The second-order valence-electron chi connectivity index (χ2n) is 6.84. The first-order valence-corrected chi connectivity index (χ1v) is 9.67. The third kappa shape index (κ3) is 4.01. The Labute approximate surface area is 175 Å². The van der Waals surface area contributed by atoms with Gasteiger partial charge in [0.1, 0.15) is 17.3 Å². The fourth-order valence-electron chi connectivity index (χ4n) is 3.53. The molecule has 4 rings (SSSR count). The molecule has 1 N–H and O–H groups in total. The number of hydrogen-bond donors (Lipinski definition) is 1. The first-order valence-electron chi connectivity index (χ1n) is 9.67. The molecular formula is C25H23FN2O2. The Hall–Kier alpha value is -3.73. The predicted molar refractivity (Wildman–Crippen MR) is 118 cm³/mol. The van der Waals surface area contributed by atoms with Gasteiger partial charge in [-0.25, -0.2) is 4.39 Å². The second kappa shape index (κ2) is 8.74. The van der Waals surface area contributed by atoms with Gasteiger partial charge < -0.3 is 9.47 Å². The Morgan fingerprint density at radius 2 is 1.50 bits per heavy atom. The molecule has 30 heavy (non-hydrogen) atoms. The maximum atomic E-state index is 13.5. The number of benzene rings is 3. The summed E-state index contributed by atoms with van der Waals surface area (Å²) in [5.74, 6) is 1.34. The lowest BCUT2D eigenvalue weighted by atomic mass is 10.0. The van der Waals surface area contributed by atoms with Crippen LogP contribution in [-0.4, -0.2) is 14.2 Å². The highest BCUT2D eigenvalue weighted by molar-refractivity contribution is 5.62. The molecule has 4 nitrogen and oxygen atoms in total. The quantitative estimate of drug-likeness (QED) is 0.590. The minimum atomic E-state index is -0.268. The highest BCUT2D eigenvalue weighted by Crippen LogP contribution is 2.37. The average molecular weight is 402 g/mol. The lowest BCUT2D eigenvalue weighted by Gasteiger charge is -2.28. The number of nitrogens with one attached hydrogen (secondary N) is 1. The van der Waals surface area contributed by atoms with Gasteiger partial charge in [-0.1, -0.05) is 36.4 Å². The van der Waals surface area contributed by atoms with E-state index in [1.807, 2.05) is 65.7 Å². The highest BCUT2D eigenvalue weighted by atomic mass is 19.1. The van der Waals surface area contributed by atoms with E-state index in [4.69, 9.17) is 9.47 Å². The molecule has 0 aliphatic carbocycles. The van der Waals surface area contributed by atoms with Crippen molar-refractivity contribution in [3.63, 3.8) is 0 Å². The molecule has 0 bridgehead atoms. The van der Waals surface area contributed by atoms with E-state index < -0.39 is 0 Å². The smallest absolute Gasteiger partial charge is 0.126 e. The molecule has 0 amide bonds. The summed E-state index contributed by atoms with van der Waals surface area (Å²) in [7, 11) is 3.32. The average Bonchev–Trinajstić information content (AvgIpc) is 3.22. The topological polar surface area (TPSA) is 33.7 Å². The van der Waals surface area contributed by atoms with Gasteiger partial charge in [0.15, 0.2) is 0 Å². The fourth-order valence-corrected chi connectivity index (χ4v) is 3.53. The van der Waals surface area contributed by atoms with Crippen molar-refractivity contribution in [1.29, 1.82) is 0 Å². The molecule has 1 aliphatic rings. The van der Waals surface area contributed by atoms with Crippen LogP contribution in [0.25, 0.3) is 6.08 Å². The van der Waals surface area contributed by atoms with Gasteiger partial charge in [-0.05, 0) is 54.6 Å². The van der Waals surface area contributed by atoms with Crippen molar-refractivity contribution >= 4 is 11.8 Å². The van der Waals surface area contributed by atoms with E-state index in [1.165, 1.54) is 12.1 Å². The third-order valence-corrected chi connectivity index (χ3v) is 5.01. The lowest BCUT2D eigenvalue weighted by molar-refractivity contribution is 0.407. The zero-order chi connectivity index (χ0) is 20.9. The molecule has 0 unspecified atom stereocenters. The molecule has 152 valence electrons. The van der Waals surface area contributed by atoms with Gasteiger partial charge >= 0.3 is 0 Å². The second-order valence-corrected chi connectivity index (χ2v) is 6.84. The Morgan fingerprint density at radius 1 is 0.833 bits per heavy atom. The van der Waals surface area contributed by atoms with Crippen LogP contribution in [0.1, 0.15) is 17.2 Å². The SMILES string of the molecule is COc1ccccc1/C=C/C1=C[C@H](c2ccccc2OC)N(c2ccc(F)cc2)N1.